The third-order valence-corrected chi connectivity index (χ3v) is 6.21. The number of hydrogen-bond donors (Lipinski definition) is 1. The number of para-hydroxylation sites is 2. The molecule has 0 radical (unpaired) electrons. The molecule has 0 bridgehead atoms. The second-order valence-electron chi connectivity index (χ2n) is 5.72. The Hall–Kier alpha value is -2.23. The number of nitrogens with one attached hydrogen (secondary N) is 1. The Labute approximate surface area is 165 Å². The summed E-state index contributed by atoms with van der Waals surface area (Å²) in [7, 11) is -2.59. The molecule has 0 fully saturated rings. The molecule has 1 aromatic heterocycles. The fourth-order valence-corrected chi connectivity index (χ4v) is 4.21. The van der Waals surface area contributed by atoms with Gasteiger partial charge in [-0.05, 0) is 53.2 Å². The predicted molar refractivity (Wildman–Crippen MR) is 105 cm³/mol. The van der Waals surface area contributed by atoms with Crippen LogP contribution in [0.1, 0.15) is 23.1 Å². The monoisotopic (exact) mass is 451 g/mol. The van der Waals surface area contributed by atoms with Gasteiger partial charge in [-0.1, -0.05) is 12.1 Å². The molecule has 7 nitrogen and oxygen atoms in total. The third-order valence-electron chi connectivity index (χ3n) is 4.12. The number of imidazole rings is 1. The van der Waals surface area contributed by atoms with E-state index in [9.17, 15) is 13.2 Å². The van der Waals surface area contributed by atoms with Crippen LogP contribution in [0, 0.1) is 0 Å². The van der Waals surface area contributed by atoms with Crippen molar-refractivity contribution in [2.24, 2.45) is 0 Å². The highest BCUT2D eigenvalue weighted by atomic mass is 79.9. The minimum atomic E-state index is -3.83. The van der Waals surface area contributed by atoms with Crippen molar-refractivity contribution in [1.82, 2.24) is 14.3 Å². The number of ether oxygens (including phenoxy) is 1. The topological polar surface area (TPSA) is 90.3 Å². The normalized spacial score (nSPS) is 11.7. The number of fused-ring (bicyclic) bond motifs is 1. The van der Waals surface area contributed by atoms with E-state index in [4.69, 9.17) is 0 Å². The van der Waals surface area contributed by atoms with Crippen LogP contribution in [0.3, 0.4) is 0 Å². The molecular formula is C18H18BrN3O4S. The van der Waals surface area contributed by atoms with Crippen molar-refractivity contribution >= 4 is 43.0 Å². The summed E-state index contributed by atoms with van der Waals surface area (Å²) in [6, 6.07) is 11.8. The summed E-state index contributed by atoms with van der Waals surface area (Å²) in [6.45, 7) is 2.68. The van der Waals surface area contributed by atoms with Crippen LogP contribution < -0.4 is 4.72 Å². The molecule has 0 saturated carbocycles. The van der Waals surface area contributed by atoms with Gasteiger partial charge in [0.25, 0.3) is 0 Å². The third kappa shape index (κ3) is 3.90. The van der Waals surface area contributed by atoms with Crippen LogP contribution >= 0.6 is 15.9 Å². The summed E-state index contributed by atoms with van der Waals surface area (Å²) in [5.41, 5.74) is 1.90. The van der Waals surface area contributed by atoms with Gasteiger partial charge in [0, 0.05) is 11.0 Å². The average Bonchev–Trinajstić information content (AvgIpc) is 3.03. The summed E-state index contributed by atoms with van der Waals surface area (Å²) in [5, 5.41) is 0. The molecule has 2 aromatic carbocycles. The standard InChI is InChI=1S/C18H18BrN3O4S/c1-3-22-16-7-5-4-6-15(16)21-17(22)11-20-27(24,25)12-8-9-14(19)13(10-12)18(23)26-2/h4-10,20H,3,11H2,1-2H3. The lowest BCUT2D eigenvalue weighted by Crippen LogP contribution is -2.25. The first-order valence-electron chi connectivity index (χ1n) is 8.19. The largest absolute Gasteiger partial charge is 0.465 e. The number of carbonyl (C=O) groups excluding carboxylic acids is 1. The van der Waals surface area contributed by atoms with E-state index in [-0.39, 0.29) is 17.0 Å². The van der Waals surface area contributed by atoms with E-state index >= 15 is 0 Å². The zero-order valence-electron chi connectivity index (χ0n) is 14.8. The number of methoxy groups -OCH3 is 1. The van der Waals surface area contributed by atoms with Crippen LogP contribution in [-0.4, -0.2) is 31.0 Å². The Bertz CT molecular complexity index is 1110. The van der Waals surface area contributed by atoms with Gasteiger partial charge < -0.3 is 9.30 Å². The van der Waals surface area contributed by atoms with Gasteiger partial charge in [-0.2, -0.15) is 0 Å². The first kappa shape index (κ1) is 19.5. The Morgan fingerprint density at radius 3 is 2.70 bits per heavy atom. The summed E-state index contributed by atoms with van der Waals surface area (Å²) in [4.78, 5) is 16.3. The Morgan fingerprint density at radius 1 is 1.26 bits per heavy atom. The molecule has 0 unspecified atom stereocenters. The quantitative estimate of drug-likeness (QED) is 0.581. The molecule has 1 N–H and O–H groups in total. The van der Waals surface area contributed by atoms with Crippen molar-refractivity contribution in [2.45, 2.75) is 24.9 Å². The molecule has 27 heavy (non-hydrogen) atoms. The first-order valence-corrected chi connectivity index (χ1v) is 10.5. The lowest BCUT2D eigenvalue weighted by atomic mass is 10.2. The summed E-state index contributed by atoms with van der Waals surface area (Å²) in [6.07, 6.45) is 0. The molecule has 0 spiro atoms. The van der Waals surface area contributed by atoms with E-state index in [1.807, 2.05) is 35.8 Å². The Balaban J connectivity index is 1.89. The summed E-state index contributed by atoms with van der Waals surface area (Å²) >= 11 is 3.22. The predicted octanol–water partition coefficient (Wildman–Crippen LogP) is 3.08. The van der Waals surface area contributed by atoms with Crippen molar-refractivity contribution in [1.29, 1.82) is 0 Å². The number of sulfonamides is 1. The highest BCUT2D eigenvalue weighted by Crippen LogP contribution is 2.22. The van der Waals surface area contributed by atoms with Gasteiger partial charge in [0.15, 0.2) is 0 Å². The van der Waals surface area contributed by atoms with Crippen molar-refractivity contribution in [2.75, 3.05) is 7.11 Å². The highest BCUT2D eigenvalue weighted by molar-refractivity contribution is 9.10. The molecule has 142 valence electrons. The van der Waals surface area contributed by atoms with Crippen LogP contribution in [0.25, 0.3) is 11.0 Å². The van der Waals surface area contributed by atoms with E-state index < -0.39 is 16.0 Å². The minimum absolute atomic E-state index is 0.0229. The summed E-state index contributed by atoms with van der Waals surface area (Å²) in [5.74, 6) is -0.000668. The molecule has 0 atom stereocenters. The van der Waals surface area contributed by atoms with Crippen LogP contribution in [0.2, 0.25) is 0 Å². The van der Waals surface area contributed by atoms with E-state index in [0.717, 1.165) is 11.0 Å². The van der Waals surface area contributed by atoms with Gasteiger partial charge in [-0.3, -0.25) is 0 Å². The number of esters is 1. The highest BCUT2D eigenvalue weighted by Gasteiger charge is 2.20. The van der Waals surface area contributed by atoms with Crippen LogP contribution in [0.15, 0.2) is 51.8 Å². The number of aromatic nitrogens is 2. The second-order valence-corrected chi connectivity index (χ2v) is 8.34. The molecule has 9 heteroatoms. The van der Waals surface area contributed by atoms with Crippen molar-refractivity contribution in [3.8, 4) is 0 Å². The van der Waals surface area contributed by atoms with Gasteiger partial charge in [-0.15, -0.1) is 0 Å². The zero-order valence-corrected chi connectivity index (χ0v) is 17.2. The van der Waals surface area contributed by atoms with E-state index in [2.05, 4.69) is 30.4 Å². The molecule has 0 saturated heterocycles. The van der Waals surface area contributed by atoms with Crippen molar-refractivity contribution in [3.05, 3.63) is 58.3 Å². The molecule has 0 aliphatic heterocycles. The van der Waals surface area contributed by atoms with E-state index in [1.165, 1.54) is 25.3 Å². The maximum absolute atomic E-state index is 12.7. The average molecular weight is 452 g/mol. The fourth-order valence-electron chi connectivity index (χ4n) is 2.79. The molecule has 0 amide bonds. The van der Waals surface area contributed by atoms with Crippen LogP contribution in [0.4, 0.5) is 0 Å². The molecule has 3 rings (SSSR count). The maximum atomic E-state index is 12.7. The second kappa shape index (κ2) is 7.79. The van der Waals surface area contributed by atoms with Gasteiger partial charge in [0.2, 0.25) is 10.0 Å². The molecule has 0 aliphatic rings. The van der Waals surface area contributed by atoms with Gasteiger partial charge in [0.05, 0.1) is 35.1 Å². The smallest absolute Gasteiger partial charge is 0.339 e. The molecule has 0 aliphatic carbocycles. The minimum Gasteiger partial charge on any atom is -0.465 e. The van der Waals surface area contributed by atoms with Gasteiger partial charge >= 0.3 is 5.97 Å². The number of nitrogens with zero attached hydrogens (tertiary/aromatic N) is 2. The number of carbonyl (C=O) groups is 1. The lowest BCUT2D eigenvalue weighted by molar-refractivity contribution is 0.0599. The fraction of sp³-hybridized carbons (Fsp3) is 0.222. The molecule has 3 aromatic rings. The number of aryl methyl sites for hydroxylation is 1. The van der Waals surface area contributed by atoms with Crippen LogP contribution in [-0.2, 0) is 27.8 Å². The number of hydrogen-bond acceptors (Lipinski definition) is 5. The van der Waals surface area contributed by atoms with Gasteiger partial charge in [-0.25, -0.2) is 22.9 Å². The lowest BCUT2D eigenvalue weighted by Gasteiger charge is -2.10. The number of benzene rings is 2. The van der Waals surface area contributed by atoms with Crippen molar-refractivity contribution in [3.63, 3.8) is 0 Å². The Kier molecular flexibility index (Phi) is 5.64. The van der Waals surface area contributed by atoms with E-state index in [1.54, 1.807) is 0 Å². The SMILES string of the molecule is CCn1c(CNS(=O)(=O)c2ccc(Br)c(C(=O)OC)c2)nc2ccccc21. The molecule has 1 heterocycles. The summed E-state index contributed by atoms with van der Waals surface area (Å²) < 4.78 is 35.0. The first-order chi connectivity index (χ1) is 12.9. The maximum Gasteiger partial charge on any atom is 0.339 e. The van der Waals surface area contributed by atoms with Crippen LogP contribution in [0.5, 0.6) is 0 Å². The Morgan fingerprint density at radius 2 is 2.00 bits per heavy atom. The van der Waals surface area contributed by atoms with E-state index in [0.29, 0.717) is 16.8 Å². The zero-order chi connectivity index (χ0) is 19.6. The molecular weight excluding hydrogens is 434 g/mol. The number of rotatable bonds is 6. The number of halogens is 1. The van der Waals surface area contributed by atoms with Gasteiger partial charge in [0.1, 0.15) is 5.82 Å². The van der Waals surface area contributed by atoms with Crippen molar-refractivity contribution < 1.29 is 17.9 Å².